The highest BCUT2D eigenvalue weighted by Gasteiger charge is 2.15. The lowest BCUT2D eigenvalue weighted by Crippen LogP contribution is -2.31. The van der Waals surface area contributed by atoms with Crippen LogP contribution in [0.4, 0.5) is 0 Å². The summed E-state index contributed by atoms with van der Waals surface area (Å²) in [6, 6.07) is 1.09. The van der Waals surface area contributed by atoms with E-state index in [2.05, 4.69) is 24.1 Å². The monoisotopic (exact) mass is 308 g/mol. The first-order valence-electron chi connectivity index (χ1n) is 8.94. The van der Waals surface area contributed by atoms with Gasteiger partial charge in [0, 0.05) is 17.1 Å². The fourth-order valence-corrected chi connectivity index (χ4v) is 4.11. The first kappa shape index (κ1) is 17.0. The predicted molar refractivity (Wildman–Crippen MR) is 93.0 cm³/mol. The molecule has 2 rings (SSSR count). The highest BCUT2D eigenvalue weighted by atomic mass is 32.1. The van der Waals surface area contributed by atoms with Gasteiger partial charge in [0.05, 0.1) is 6.04 Å². The predicted octanol–water partition coefficient (Wildman–Crippen LogP) is 5.78. The minimum Gasteiger partial charge on any atom is -0.305 e. The van der Waals surface area contributed by atoms with Crippen LogP contribution in [0.3, 0.4) is 0 Å². The van der Waals surface area contributed by atoms with Crippen LogP contribution in [0.15, 0.2) is 6.20 Å². The quantitative estimate of drug-likeness (QED) is 0.766. The van der Waals surface area contributed by atoms with Crippen LogP contribution in [0.1, 0.15) is 93.5 Å². The second-order valence-corrected chi connectivity index (χ2v) is 7.92. The largest absolute Gasteiger partial charge is 0.305 e. The van der Waals surface area contributed by atoms with Gasteiger partial charge in [0.2, 0.25) is 0 Å². The standard InChI is InChI=1S/C18H32N2S/c1-15-14-19-18(21-15)16(2)20-17-12-10-8-6-4-3-5-7-9-11-13-17/h14,16-17,20H,3-13H2,1-2H3. The van der Waals surface area contributed by atoms with E-state index in [0.717, 1.165) is 0 Å². The van der Waals surface area contributed by atoms with Gasteiger partial charge in [-0.3, -0.25) is 0 Å². The maximum atomic E-state index is 4.54. The number of hydrogen-bond donors (Lipinski definition) is 1. The lowest BCUT2D eigenvalue weighted by atomic mass is 9.97. The Morgan fingerprint density at radius 1 is 1.00 bits per heavy atom. The van der Waals surface area contributed by atoms with Crippen molar-refractivity contribution in [2.75, 3.05) is 0 Å². The molecule has 0 radical (unpaired) electrons. The van der Waals surface area contributed by atoms with Gasteiger partial charge in [0.25, 0.3) is 0 Å². The first-order chi connectivity index (χ1) is 10.3. The molecule has 1 aromatic rings. The van der Waals surface area contributed by atoms with E-state index >= 15 is 0 Å². The molecule has 1 atom stereocenters. The van der Waals surface area contributed by atoms with Crippen LogP contribution in [0.25, 0.3) is 0 Å². The molecule has 0 aromatic carbocycles. The Hall–Kier alpha value is -0.410. The number of rotatable bonds is 3. The van der Waals surface area contributed by atoms with Gasteiger partial charge in [0.1, 0.15) is 5.01 Å². The third-order valence-electron chi connectivity index (χ3n) is 4.60. The van der Waals surface area contributed by atoms with Crippen molar-refractivity contribution in [2.24, 2.45) is 0 Å². The summed E-state index contributed by atoms with van der Waals surface area (Å²) >= 11 is 1.83. The molecular formula is C18H32N2S. The summed E-state index contributed by atoms with van der Waals surface area (Å²) in [4.78, 5) is 5.86. The molecule has 1 unspecified atom stereocenters. The Kier molecular flexibility index (Phi) is 7.73. The maximum absolute atomic E-state index is 4.54. The molecule has 1 N–H and O–H groups in total. The van der Waals surface area contributed by atoms with Gasteiger partial charge >= 0.3 is 0 Å². The molecule has 3 heteroatoms. The smallest absolute Gasteiger partial charge is 0.109 e. The molecule has 0 amide bonds. The number of aromatic nitrogens is 1. The van der Waals surface area contributed by atoms with E-state index in [1.807, 2.05) is 17.5 Å². The molecule has 1 fully saturated rings. The SMILES string of the molecule is Cc1cnc(C(C)NC2CCCCCCCCCCC2)s1. The van der Waals surface area contributed by atoms with Crippen molar-refractivity contribution in [3.05, 3.63) is 16.1 Å². The molecule has 120 valence electrons. The van der Waals surface area contributed by atoms with Crippen LogP contribution < -0.4 is 5.32 Å². The average molecular weight is 309 g/mol. The molecule has 1 aliphatic rings. The van der Waals surface area contributed by atoms with Crippen LogP contribution >= 0.6 is 11.3 Å². The van der Waals surface area contributed by atoms with Crippen molar-refractivity contribution in [3.8, 4) is 0 Å². The van der Waals surface area contributed by atoms with Gasteiger partial charge in [0.15, 0.2) is 0 Å². The zero-order valence-electron chi connectivity index (χ0n) is 13.9. The van der Waals surface area contributed by atoms with Gasteiger partial charge in [-0.25, -0.2) is 4.98 Å². The summed E-state index contributed by atoms with van der Waals surface area (Å²) in [6.45, 7) is 4.41. The Morgan fingerprint density at radius 3 is 2.00 bits per heavy atom. The zero-order chi connectivity index (χ0) is 14.9. The summed E-state index contributed by atoms with van der Waals surface area (Å²) in [5, 5.41) is 5.10. The van der Waals surface area contributed by atoms with Crippen molar-refractivity contribution in [1.82, 2.24) is 10.3 Å². The second kappa shape index (κ2) is 9.58. The summed E-state index contributed by atoms with van der Waals surface area (Å²) < 4.78 is 0. The van der Waals surface area contributed by atoms with E-state index < -0.39 is 0 Å². The van der Waals surface area contributed by atoms with E-state index in [1.54, 1.807) is 0 Å². The number of nitrogens with one attached hydrogen (secondary N) is 1. The summed E-state index contributed by atoms with van der Waals surface area (Å²) in [6.07, 6.45) is 17.5. The minimum absolute atomic E-state index is 0.404. The topological polar surface area (TPSA) is 24.9 Å². The van der Waals surface area contributed by atoms with Gasteiger partial charge in [-0.2, -0.15) is 0 Å². The molecule has 0 bridgehead atoms. The van der Waals surface area contributed by atoms with E-state index in [1.165, 1.54) is 80.5 Å². The molecule has 1 saturated carbocycles. The first-order valence-corrected chi connectivity index (χ1v) is 9.76. The van der Waals surface area contributed by atoms with Gasteiger partial charge < -0.3 is 5.32 Å². The van der Waals surface area contributed by atoms with Gasteiger partial charge in [-0.1, -0.05) is 57.8 Å². The molecule has 0 spiro atoms. The Balaban J connectivity index is 1.82. The van der Waals surface area contributed by atoms with E-state index in [-0.39, 0.29) is 0 Å². The van der Waals surface area contributed by atoms with E-state index in [0.29, 0.717) is 12.1 Å². The fourth-order valence-electron chi connectivity index (χ4n) is 3.33. The normalized spacial score (nSPS) is 21.4. The van der Waals surface area contributed by atoms with Crippen LogP contribution in [0, 0.1) is 6.92 Å². The third kappa shape index (κ3) is 6.48. The van der Waals surface area contributed by atoms with Crippen LogP contribution in [0.2, 0.25) is 0 Å². The summed E-state index contributed by atoms with van der Waals surface area (Å²) in [5.41, 5.74) is 0. The Bertz CT molecular complexity index is 376. The van der Waals surface area contributed by atoms with Gasteiger partial charge in [-0.05, 0) is 26.7 Å². The number of nitrogens with zero attached hydrogens (tertiary/aromatic N) is 1. The van der Waals surface area contributed by atoms with Crippen molar-refractivity contribution >= 4 is 11.3 Å². The minimum atomic E-state index is 0.404. The molecule has 0 aliphatic heterocycles. The third-order valence-corrected chi connectivity index (χ3v) is 5.70. The van der Waals surface area contributed by atoms with E-state index in [9.17, 15) is 0 Å². The molecule has 0 saturated heterocycles. The highest BCUT2D eigenvalue weighted by molar-refractivity contribution is 7.11. The average Bonchev–Trinajstić information content (AvgIpc) is 2.88. The zero-order valence-corrected chi connectivity index (χ0v) is 14.7. The van der Waals surface area contributed by atoms with Crippen molar-refractivity contribution < 1.29 is 0 Å². The molecule has 1 heterocycles. The number of thiazole rings is 1. The second-order valence-electron chi connectivity index (χ2n) is 6.65. The van der Waals surface area contributed by atoms with Crippen molar-refractivity contribution in [1.29, 1.82) is 0 Å². The maximum Gasteiger partial charge on any atom is 0.109 e. The van der Waals surface area contributed by atoms with Crippen LogP contribution in [-0.4, -0.2) is 11.0 Å². The fraction of sp³-hybridized carbons (Fsp3) is 0.833. The summed E-state index contributed by atoms with van der Waals surface area (Å²) in [7, 11) is 0. The molecular weight excluding hydrogens is 276 g/mol. The Labute approximate surface area is 134 Å². The van der Waals surface area contributed by atoms with Crippen LogP contribution in [0.5, 0.6) is 0 Å². The molecule has 2 nitrogen and oxygen atoms in total. The van der Waals surface area contributed by atoms with Gasteiger partial charge in [-0.15, -0.1) is 11.3 Å². The highest BCUT2D eigenvalue weighted by Crippen LogP contribution is 2.22. The molecule has 21 heavy (non-hydrogen) atoms. The van der Waals surface area contributed by atoms with E-state index in [4.69, 9.17) is 0 Å². The van der Waals surface area contributed by atoms with Crippen molar-refractivity contribution in [3.63, 3.8) is 0 Å². The van der Waals surface area contributed by atoms with Crippen molar-refractivity contribution in [2.45, 2.75) is 96.6 Å². The molecule has 1 aromatic heterocycles. The Morgan fingerprint density at radius 2 is 1.52 bits per heavy atom. The number of aryl methyl sites for hydroxylation is 1. The summed E-state index contributed by atoms with van der Waals surface area (Å²) in [5.74, 6) is 0. The lowest BCUT2D eigenvalue weighted by molar-refractivity contribution is 0.374. The van der Waals surface area contributed by atoms with Crippen LogP contribution in [-0.2, 0) is 0 Å². The lowest BCUT2D eigenvalue weighted by Gasteiger charge is -2.23. The molecule has 1 aliphatic carbocycles. The number of hydrogen-bond acceptors (Lipinski definition) is 3.